The zero-order valence-electron chi connectivity index (χ0n) is 9.67. The van der Waals surface area contributed by atoms with Gasteiger partial charge in [-0.25, -0.2) is 4.98 Å². The normalized spacial score (nSPS) is 19.1. The number of amides is 1. The Hall–Kier alpha value is -1.89. The molecule has 1 aliphatic rings. The summed E-state index contributed by atoms with van der Waals surface area (Å²) in [6.07, 6.45) is 6.91. The van der Waals surface area contributed by atoms with Crippen LogP contribution in [-0.4, -0.2) is 33.7 Å². The van der Waals surface area contributed by atoms with E-state index < -0.39 is 0 Å². The van der Waals surface area contributed by atoms with E-state index in [1.54, 1.807) is 29.9 Å². The maximum absolute atomic E-state index is 12.2. The number of hydrogen-bond donors (Lipinski definition) is 2. The van der Waals surface area contributed by atoms with Crippen LogP contribution in [0.4, 0.5) is 10.8 Å². The van der Waals surface area contributed by atoms with Crippen LogP contribution >= 0.6 is 11.3 Å². The fourth-order valence-corrected chi connectivity index (χ4v) is 2.89. The number of rotatable bonds is 3. The van der Waals surface area contributed by atoms with Crippen molar-refractivity contribution in [2.45, 2.75) is 18.9 Å². The lowest BCUT2D eigenvalue weighted by Gasteiger charge is -2.22. The summed E-state index contributed by atoms with van der Waals surface area (Å²) in [6.45, 7) is 0.886. The number of H-pyrrole nitrogens is 1. The third-order valence-corrected chi connectivity index (χ3v) is 3.79. The minimum atomic E-state index is -0.133. The van der Waals surface area contributed by atoms with Crippen molar-refractivity contribution >= 4 is 28.1 Å². The second-order valence-corrected chi connectivity index (χ2v) is 5.02. The van der Waals surface area contributed by atoms with E-state index in [0.717, 1.165) is 24.5 Å². The summed E-state index contributed by atoms with van der Waals surface area (Å²) in [7, 11) is 0. The highest BCUT2D eigenvalue weighted by Gasteiger charge is 2.32. The third kappa shape index (κ3) is 2.08. The smallest absolute Gasteiger partial charge is 0.247 e. The van der Waals surface area contributed by atoms with Gasteiger partial charge in [0.25, 0.3) is 0 Å². The maximum atomic E-state index is 12.2. The van der Waals surface area contributed by atoms with E-state index in [1.165, 1.54) is 0 Å². The Kier molecular flexibility index (Phi) is 2.97. The minimum Gasteiger partial charge on any atom is -0.336 e. The first kappa shape index (κ1) is 11.2. The number of thiazole rings is 1. The quantitative estimate of drug-likeness (QED) is 0.879. The molecule has 0 bridgehead atoms. The number of anilines is 2. The van der Waals surface area contributed by atoms with Crippen molar-refractivity contribution in [3.8, 4) is 0 Å². The van der Waals surface area contributed by atoms with Crippen molar-refractivity contribution in [1.82, 2.24) is 15.2 Å². The highest BCUT2D eigenvalue weighted by Crippen LogP contribution is 2.27. The number of nitrogens with zero attached hydrogens (tertiary/aromatic N) is 3. The zero-order valence-corrected chi connectivity index (χ0v) is 10.5. The van der Waals surface area contributed by atoms with E-state index in [4.69, 9.17) is 0 Å². The number of aromatic nitrogens is 3. The standard InChI is InChI=1S/C11H13N5OS/c17-10(15-8-6-13-14-7-8)9-2-1-4-16(9)11-12-3-5-18-11/h3,5-7,9H,1-2,4H2,(H,13,14)(H,15,17)/t9-/m1/s1. The van der Waals surface area contributed by atoms with Crippen LogP contribution in [-0.2, 0) is 4.79 Å². The Morgan fingerprint density at radius 3 is 3.28 bits per heavy atom. The van der Waals surface area contributed by atoms with Crippen LogP contribution in [0.15, 0.2) is 24.0 Å². The lowest BCUT2D eigenvalue weighted by Crippen LogP contribution is -2.39. The summed E-state index contributed by atoms with van der Waals surface area (Å²) < 4.78 is 0. The Morgan fingerprint density at radius 1 is 1.61 bits per heavy atom. The Bertz CT molecular complexity index is 510. The lowest BCUT2D eigenvalue weighted by atomic mass is 10.2. The van der Waals surface area contributed by atoms with Gasteiger partial charge in [-0.3, -0.25) is 9.89 Å². The molecule has 1 fully saturated rings. The summed E-state index contributed by atoms with van der Waals surface area (Å²) in [6, 6.07) is -0.133. The van der Waals surface area contributed by atoms with Gasteiger partial charge in [0.2, 0.25) is 5.91 Å². The summed E-state index contributed by atoms with van der Waals surface area (Å²) in [4.78, 5) is 18.5. The third-order valence-electron chi connectivity index (χ3n) is 2.99. The highest BCUT2D eigenvalue weighted by atomic mass is 32.1. The second kappa shape index (κ2) is 4.77. The SMILES string of the molecule is O=C(Nc1cn[nH]c1)[C@H]1CCCN1c1nccs1. The fraction of sp³-hybridized carbons (Fsp3) is 0.364. The van der Waals surface area contributed by atoms with Crippen molar-refractivity contribution in [2.75, 3.05) is 16.8 Å². The molecule has 18 heavy (non-hydrogen) atoms. The van der Waals surface area contributed by atoms with Crippen LogP contribution < -0.4 is 10.2 Å². The molecule has 1 saturated heterocycles. The largest absolute Gasteiger partial charge is 0.336 e. The van der Waals surface area contributed by atoms with Gasteiger partial charge >= 0.3 is 0 Å². The highest BCUT2D eigenvalue weighted by molar-refractivity contribution is 7.13. The van der Waals surface area contributed by atoms with Gasteiger partial charge in [0, 0.05) is 24.3 Å². The average Bonchev–Trinajstić information content (AvgIpc) is 3.11. The molecule has 1 aliphatic heterocycles. The first-order chi connectivity index (χ1) is 8.84. The molecule has 1 atom stereocenters. The molecule has 0 radical (unpaired) electrons. The van der Waals surface area contributed by atoms with Crippen molar-refractivity contribution in [3.05, 3.63) is 24.0 Å². The number of carbonyl (C=O) groups excluding carboxylic acids is 1. The maximum Gasteiger partial charge on any atom is 0.247 e. The van der Waals surface area contributed by atoms with Crippen molar-refractivity contribution in [2.24, 2.45) is 0 Å². The molecular weight excluding hydrogens is 250 g/mol. The second-order valence-electron chi connectivity index (χ2n) is 4.14. The van der Waals surface area contributed by atoms with E-state index in [-0.39, 0.29) is 11.9 Å². The molecule has 2 aromatic heterocycles. The van der Waals surface area contributed by atoms with Gasteiger partial charge in [0.05, 0.1) is 11.9 Å². The van der Waals surface area contributed by atoms with E-state index in [2.05, 4.69) is 25.4 Å². The lowest BCUT2D eigenvalue weighted by molar-refractivity contribution is -0.117. The Balaban J connectivity index is 1.73. The molecule has 2 aromatic rings. The van der Waals surface area contributed by atoms with Gasteiger partial charge < -0.3 is 10.2 Å². The van der Waals surface area contributed by atoms with Gasteiger partial charge in [-0.1, -0.05) is 0 Å². The number of nitrogens with one attached hydrogen (secondary N) is 2. The van der Waals surface area contributed by atoms with Gasteiger partial charge in [-0.2, -0.15) is 5.10 Å². The first-order valence-electron chi connectivity index (χ1n) is 5.80. The molecule has 3 rings (SSSR count). The number of hydrogen-bond acceptors (Lipinski definition) is 5. The Labute approximate surface area is 108 Å². The topological polar surface area (TPSA) is 73.9 Å². The molecule has 1 amide bonds. The fourth-order valence-electron chi connectivity index (χ4n) is 2.17. The molecule has 94 valence electrons. The average molecular weight is 263 g/mol. The van der Waals surface area contributed by atoms with E-state index >= 15 is 0 Å². The number of carbonyl (C=O) groups is 1. The van der Waals surface area contributed by atoms with Gasteiger partial charge in [-0.15, -0.1) is 11.3 Å². The zero-order chi connectivity index (χ0) is 12.4. The molecule has 3 heterocycles. The molecule has 2 N–H and O–H groups in total. The molecular formula is C11H13N5OS. The molecule has 0 saturated carbocycles. The van der Waals surface area contributed by atoms with Crippen LogP contribution in [0.3, 0.4) is 0 Å². The number of aromatic amines is 1. The molecule has 0 spiro atoms. The van der Waals surface area contributed by atoms with Crippen molar-refractivity contribution < 1.29 is 4.79 Å². The van der Waals surface area contributed by atoms with Crippen LogP contribution in [0.5, 0.6) is 0 Å². The van der Waals surface area contributed by atoms with Gasteiger partial charge in [-0.05, 0) is 12.8 Å². The van der Waals surface area contributed by atoms with E-state index in [9.17, 15) is 4.79 Å². The molecule has 0 aromatic carbocycles. The molecule has 7 heteroatoms. The van der Waals surface area contributed by atoms with Crippen LogP contribution in [0.1, 0.15) is 12.8 Å². The molecule has 6 nitrogen and oxygen atoms in total. The predicted molar refractivity (Wildman–Crippen MR) is 69.7 cm³/mol. The molecule has 0 aliphatic carbocycles. The van der Waals surface area contributed by atoms with Crippen LogP contribution in [0.2, 0.25) is 0 Å². The summed E-state index contributed by atoms with van der Waals surface area (Å²) in [5, 5.41) is 12.2. The Morgan fingerprint density at radius 2 is 2.56 bits per heavy atom. The van der Waals surface area contributed by atoms with Gasteiger partial charge in [0.1, 0.15) is 6.04 Å². The first-order valence-corrected chi connectivity index (χ1v) is 6.68. The summed E-state index contributed by atoms with van der Waals surface area (Å²) >= 11 is 1.57. The molecule has 0 unspecified atom stereocenters. The van der Waals surface area contributed by atoms with Gasteiger partial charge in [0.15, 0.2) is 5.13 Å². The predicted octanol–water partition coefficient (Wildman–Crippen LogP) is 1.47. The minimum absolute atomic E-state index is 0.00380. The van der Waals surface area contributed by atoms with Crippen LogP contribution in [0, 0.1) is 0 Å². The summed E-state index contributed by atoms with van der Waals surface area (Å²) in [5.74, 6) is 0.00380. The van der Waals surface area contributed by atoms with E-state index in [1.807, 2.05) is 5.38 Å². The van der Waals surface area contributed by atoms with E-state index in [0.29, 0.717) is 5.69 Å². The summed E-state index contributed by atoms with van der Waals surface area (Å²) in [5.41, 5.74) is 0.700. The monoisotopic (exact) mass is 263 g/mol. The van der Waals surface area contributed by atoms with Crippen LogP contribution in [0.25, 0.3) is 0 Å². The van der Waals surface area contributed by atoms with Crippen molar-refractivity contribution in [3.63, 3.8) is 0 Å². The van der Waals surface area contributed by atoms with Crippen molar-refractivity contribution in [1.29, 1.82) is 0 Å².